The Labute approximate surface area is 87.1 Å². The fourth-order valence-electron chi connectivity index (χ4n) is 1.87. The van der Waals surface area contributed by atoms with E-state index in [2.05, 4.69) is 32.9 Å². The maximum absolute atomic E-state index is 5.67. The Balaban J connectivity index is 0.000000461. The average molecular weight is 192 g/mol. The topological polar surface area (TPSA) is 9.23 Å². The molecule has 1 atom stereocenters. The van der Waals surface area contributed by atoms with E-state index >= 15 is 0 Å². The van der Waals surface area contributed by atoms with Gasteiger partial charge in [0.15, 0.2) is 0 Å². The van der Waals surface area contributed by atoms with E-state index in [4.69, 9.17) is 4.74 Å². The first-order valence-corrected chi connectivity index (χ1v) is 5.43. The van der Waals surface area contributed by atoms with Crippen LogP contribution in [0.15, 0.2) is 12.1 Å². The lowest BCUT2D eigenvalue weighted by Crippen LogP contribution is -2.05. The Kier molecular flexibility index (Phi) is 3.56. The molecule has 0 aliphatic carbocycles. The van der Waals surface area contributed by atoms with Crippen LogP contribution in [0.3, 0.4) is 0 Å². The van der Waals surface area contributed by atoms with Crippen LogP contribution in [-0.2, 0) is 6.42 Å². The van der Waals surface area contributed by atoms with Crippen LogP contribution in [0.2, 0.25) is 0 Å². The summed E-state index contributed by atoms with van der Waals surface area (Å²) < 4.78 is 5.67. The zero-order chi connectivity index (χ0) is 10.7. The molecule has 14 heavy (non-hydrogen) atoms. The molecule has 1 aromatic carbocycles. The molecule has 1 heteroatoms. The summed E-state index contributed by atoms with van der Waals surface area (Å²) in [6.45, 7) is 10.4. The van der Waals surface area contributed by atoms with Crippen molar-refractivity contribution in [1.29, 1.82) is 0 Å². The lowest BCUT2D eigenvalue weighted by Gasteiger charge is -2.04. The maximum atomic E-state index is 5.67. The van der Waals surface area contributed by atoms with Crippen LogP contribution < -0.4 is 4.74 Å². The molecule has 1 nitrogen and oxygen atoms in total. The summed E-state index contributed by atoms with van der Waals surface area (Å²) in [4.78, 5) is 0. The van der Waals surface area contributed by atoms with Gasteiger partial charge in [0.1, 0.15) is 11.9 Å². The second-order valence-corrected chi connectivity index (χ2v) is 3.69. The van der Waals surface area contributed by atoms with Crippen molar-refractivity contribution >= 4 is 0 Å². The first-order valence-electron chi connectivity index (χ1n) is 5.43. The van der Waals surface area contributed by atoms with Crippen molar-refractivity contribution in [2.24, 2.45) is 0 Å². The zero-order valence-corrected chi connectivity index (χ0v) is 9.85. The number of rotatable bonds is 0. The molecular weight excluding hydrogens is 172 g/mol. The van der Waals surface area contributed by atoms with Gasteiger partial charge in [0.25, 0.3) is 0 Å². The number of benzene rings is 1. The van der Waals surface area contributed by atoms with Gasteiger partial charge < -0.3 is 4.74 Å². The molecule has 0 fully saturated rings. The summed E-state index contributed by atoms with van der Waals surface area (Å²) in [6.07, 6.45) is 1.43. The van der Waals surface area contributed by atoms with Gasteiger partial charge in [-0.15, -0.1) is 0 Å². The largest absolute Gasteiger partial charge is 0.490 e. The van der Waals surface area contributed by atoms with Gasteiger partial charge in [0.2, 0.25) is 0 Å². The van der Waals surface area contributed by atoms with E-state index in [-0.39, 0.29) is 0 Å². The van der Waals surface area contributed by atoms with Crippen molar-refractivity contribution in [3.63, 3.8) is 0 Å². The van der Waals surface area contributed by atoms with Gasteiger partial charge >= 0.3 is 0 Å². The third-order valence-electron chi connectivity index (χ3n) is 2.40. The van der Waals surface area contributed by atoms with E-state index in [1.165, 1.54) is 16.7 Å². The zero-order valence-electron chi connectivity index (χ0n) is 9.85. The Morgan fingerprint density at radius 3 is 2.50 bits per heavy atom. The van der Waals surface area contributed by atoms with Crippen LogP contribution >= 0.6 is 0 Å². The van der Waals surface area contributed by atoms with E-state index in [1.807, 2.05) is 13.8 Å². The minimum absolute atomic E-state index is 0.362. The number of ether oxygens (including phenoxy) is 1. The molecule has 1 aliphatic heterocycles. The van der Waals surface area contributed by atoms with Crippen molar-refractivity contribution in [2.45, 2.75) is 47.1 Å². The number of aryl methyl sites for hydroxylation is 2. The fourth-order valence-corrected chi connectivity index (χ4v) is 1.87. The van der Waals surface area contributed by atoms with Gasteiger partial charge in [-0.3, -0.25) is 0 Å². The second-order valence-electron chi connectivity index (χ2n) is 3.69. The predicted octanol–water partition coefficient (Wildman–Crippen LogP) is 3.65. The Hall–Kier alpha value is -0.980. The van der Waals surface area contributed by atoms with E-state index in [0.29, 0.717) is 6.10 Å². The highest BCUT2D eigenvalue weighted by atomic mass is 16.5. The molecule has 2 rings (SSSR count). The van der Waals surface area contributed by atoms with Crippen LogP contribution in [0, 0.1) is 13.8 Å². The van der Waals surface area contributed by atoms with Crippen LogP contribution in [0.5, 0.6) is 5.75 Å². The van der Waals surface area contributed by atoms with E-state index < -0.39 is 0 Å². The molecule has 1 aromatic rings. The minimum atomic E-state index is 0.362. The Bertz CT molecular complexity index is 315. The fraction of sp³-hybridized carbons (Fsp3) is 0.538. The monoisotopic (exact) mass is 192 g/mol. The first-order chi connectivity index (χ1) is 6.66. The van der Waals surface area contributed by atoms with Crippen molar-refractivity contribution in [3.8, 4) is 5.75 Å². The molecule has 0 N–H and O–H groups in total. The molecule has 1 unspecified atom stereocenters. The molecule has 1 aliphatic rings. The van der Waals surface area contributed by atoms with E-state index in [1.54, 1.807) is 0 Å². The SMILES string of the molecule is CC.Cc1cc(C)c2c(c1)OC(C)C2. The van der Waals surface area contributed by atoms with Crippen LogP contribution in [0.1, 0.15) is 37.5 Å². The number of fused-ring (bicyclic) bond motifs is 1. The normalized spacial score (nSPS) is 17.9. The maximum Gasteiger partial charge on any atom is 0.123 e. The summed E-state index contributed by atoms with van der Waals surface area (Å²) in [5.74, 6) is 1.10. The molecule has 78 valence electrons. The molecular formula is C13H20O. The molecule has 0 saturated heterocycles. The molecule has 0 amide bonds. The lowest BCUT2D eigenvalue weighted by atomic mass is 10.0. The Morgan fingerprint density at radius 1 is 1.21 bits per heavy atom. The molecule has 0 saturated carbocycles. The number of hydrogen-bond acceptors (Lipinski definition) is 1. The van der Waals surface area contributed by atoms with Crippen molar-refractivity contribution < 1.29 is 4.74 Å². The van der Waals surface area contributed by atoms with Gasteiger partial charge in [-0.05, 0) is 38.0 Å². The van der Waals surface area contributed by atoms with E-state index in [0.717, 1.165) is 12.2 Å². The van der Waals surface area contributed by atoms with E-state index in [9.17, 15) is 0 Å². The molecule has 0 spiro atoms. The van der Waals surface area contributed by atoms with Gasteiger partial charge in [-0.1, -0.05) is 19.9 Å². The summed E-state index contributed by atoms with van der Waals surface area (Å²) >= 11 is 0. The third-order valence-corrected chi connectivity index (χ3v) is 2.40. The molecule has 0 radical (unpaired) electrons. The predicted molar refractivity (Wildman–Crippen MR) is 61.1 cm³/mol. The first kappa shape index (κ1) is 11.1. The summed E-state index contributed by atoms with van der Waals surface area (Å²) in [5, 5.41) is 0. The van der Waals surface area contributed by atoms with Crippen LogP contribution in [0.4, 0.5) is 0 Å². The molecule has 1 heterocycles. The van der Waals surface area contributed by atoms with Crippen LogP contribution in [0.25, 0.3) is 0 Å². The van der Waals surface area contributed by atoms with Gasteiger partial charge in [-0.25, -0.2) is 0 Å². The number of hydrogen-bond donors (Lipinski definition) is 0. The summed E-state index contributed by atoms with van der Waals surface area (Å²) in [7, 11) is 0. The molecule has 0 aromatic heterocycles. The van der Waals surface area contributed by atoms with Gasteiger partial charge in [0.05, 0.1) is 0 Å². The Morgan fingerprint density at radius 2 is 1.86 bits per heavy atom. The molecule has 0 bridgehead atoms. The quantitative estimate of drug-likeness (QED) is 0.609. The average Bonchev–Trinajstić information content (AvgIpc) is 2.49. The summed E-state index contributed by atoms with van der Waals surface area (Å²) in [6, 6.07) is 4.35. The van der Waals surface area contributed by atoms with Gasteiger partial charge in [-0.2, -0.15) is 0 Å². The second kappa shape index (κ2) is 4.50. The van der Waals surface area contributed by atoms with Crippen molar-refractivity contribution in [2.75, 3.05) is 0 Å². The minimum Gasteiger partial charge on any atom is -0.490 e. The van der Waals surface area contributed by atoms with Gasteiger partial charge in [0, 0.05) is 12.0 Å². The highest BCUT2D eigenvalue weighted by molar-refractivity contribution is 5.45. The van der Waals surface area contributed by atoms with Crippen molar-refractivity contribution in [1.82, 2.24) is 0 Å². The standard InChI is InChI=1S/C11H14O.C2H6/c1-7-4-8(2)10-6-9(3)12-11(10)5-7;1-2/h4-5,9H,6H2,1-3H3;1-2H3. The van der Waals surface area contributed by atoms with Crippen molar-refractivity contribution in [3.05, 3.63) is 28.8 Å². The smallest absolute Gasteiger partial charge is 0.123 e. The summed E-state index contributed by atoms with van der Waals surface area (Å²) in [5.41, 5.74) is 4.06. The highest BCUT2D eigenvalue weighted by Gasteiger charge is 2.20. The lowest BCUT2D eigenvalue weighted by molar-refractivity contribution is 0.254. The van der Waals surface area contributed by atoms with Crippen LogP contribution in [-0.4, -0.2) is 6.10 Å². The third kappa shape index (κ3) is 2.09. The highest BCUT2D eigenvalue weighted by Crippen LogP contribution is 2.32.